The largest absolute Gasteiger partial charge is 0.464 e. The second-order valence-corrected chi connectivity index (χ2v) is 6.70. The smallest absolute Gasteiger partial charge is 0.197 e. The van der Waals surface area contributed by atoms with Crippen molar-refractivity contribution in [2.24, 2.45) is 0 Å². The number of nitrogens with zero attached hydrogens (tertiary/aromatic N) is 1. The van der Waals surface area contributed by atoms with E-state index in [4.69, 9.17) is 9.15 Å². The highest BCUT2D eigenvalue weighted by Gasteiger charge is 2.20. The van der Waals surface area contributed by atoms with Gasteiger partial charge in [0.1, 0.15) is 5.58 Å². The van der Waals surface area contributed by atoms with Crippen LogP contribution in [0.4, 0.5) is 0 Å². The van der Waals surface area contributed by atoms with E-state index in [1.807, 2.05) is 24.3 Å². The zero-order valence-electron chi connectivity index (χ0n) is 14.5. The Bertz CT molecular complexity index is 768. The van der Waals surface area contributed by atoms with Gasteiger partial charge < -0.3 is 9.15 Å². The van der Waals surface area contributed by atoms with E-state index in [2.05, 4.69) is 24.8 Å². The van der Waals surface area contributed by atoms with Crippen molar-refractivity contribution >= 4 is 11.0 Å². The van der Waals surface area contributed by atoms with E-state index >= 15 is 0 Å². The van der Waals surface area contributed by atoms with Crippen molar-refractivity contribution in [3.8, 4) is 0 Å². The van der Waals surface area contributed by atoms with E-state index in [-0.39, 0.29) is 11.5 Å². The fraction of sp³-hybridized carbons (Fsp3) is 0.450. The average Bonchev–Trinajstić information content (AvgIpc) is 3.08. The summed E-state index contributed by atoms with van der Waals surface area (Å²) in [4.78, 5) is 15.0. The van der Waals surface area contributed by atoms with Gasteiger partial charge in [0, 0.05) is 31.8 Å². The van der Waals surface area contributed by atoms with Crippen LogP contribution in [0.15, 0.2) is 51.4 Å². The first-order valence-electron chi connectivity index (χ1n) is 8.60. The number of allylic oxidation sites excluding steroid dienone is 1. The molecule has 0 spiro atoms. The van der Waals surface area contributed by atoms with Crippen molar-refractivity contribution in [2.45, 2.75) is 39.3 Å². The third-order valence-electron chi connectivity index (χ3n) is 4.39. The van der Waals surface area contributed by atoms with Gasteiger partial charge in [0.25, 0.3) is 0 Å². The maximum absolute atomic E-state index is 12.7. The Morgan fingerprint density at radius 2 is 2.17 bits per heavy atom. The third kappa shape index (κ3) is 4.13. The van der Waals surface area contributed by atoms with Gasteiger partial charge in [0.15, 0.2) is 5.43 Å². The lowest BCUT2D eigenvalue weighted by Crippen LogP contribution is -2.33. The lowest BCUT2D eigenvalue weighted by Gasteiger charge is -2.24. The van der Waals surface area contributed by atoms with Crippen molar-refractivity contribution in [1.29, 1.82) is 0 Å². The van der Waals surface area contributed by atoms with Crippen LogP contribution in [0.5, 0.6) is 0 Å². The minimum atomic E-state index is 0.0615. The van der Waals surface area contributed by atoms with Crippen molar-refractivity contribution in [2.75, 3.05) is 19.7 Å². The zero-order valence-corrected chi connectivity index (χ0v) is 14.5. The summed E-state index contributed by atoms with van der Waals surface area (Å²) < 4.78 is 11.4. The normalized spacial score (nSPS) is 17.5. The molecule has 0 radical (unpaired) electrons. The molecule has 128 valence electrons. The number of benzene rings is 1. The van der Waals surface area contributed by atoms with Gasteiger partial charge in [-0.2, -0.15) is 0 Å². The molecule has 0 saturated carbocycles. The molecule has 4 heteroatoms. The lowest BCUT2D eigenvalue weighted by atomic mass is 10.1. The molecule has 4 nitrogen and oxygen atoms in total. The highest BCUT2D eigenvalue weighted by atomic mass is 16.5. The van der Waals surface area contributed by atoms with Crippen LogP contribution >= 0.6 is 0 Å². The first-order valence-corrected chi connectivity index (χ1v) is 8.60. The van der Waals surface area contributed by atoms with Gasteiger partial charge in [-0.1, -0.05) is 23.8 Å². The Morgan fingerprint density at radius 3 is 2.92 bits per heavy atom. The Labute approximate surface area is 142 Å². The van der Waals surface area contributed by atoms with Crippen molar-refractivity contribution < 1.29 is 9.15 Å². The quantitative estimate of drug-likeness (QED) is 0.758. The maximum Gasteiger partial charge on any atom is 0.197 e. The van der Waals surface area contributed by atoms with E-state index < -0.39 is 0 Å². The van der Waals surface area contributed by atoms with Crippen LogP contribution in [0.25, 0.3) is 11.0 Å². The Morgan fingerprint density at radius 1 is 1.33 bits per heavy atom. The number of rotatable bonds is 6. The number of hydrogen-bond acceptors (Lipinski definition) is 4. The fourth-order valence-electron chi connectivity index (χ4n) is 3.06. The Kier molecular flexibility index (Phi) is 5.48. The van der Waals surface area contributed by atoms with E-state index in [1.54, 1.807) is 6.26 Å². The van der Waals surface area contributed by atoms with Gasteiger partial charge in [-0.05, 0) is 38.8 Å². The van der Waals surface area contributed by atoms with Crippen LogP contribution in [0.3, 0.4) is 0 Å². The molecule has 2 aromatic rings. The molecule has 1 aliphatic heterocycles. The summed E-state index contributed by atoms with van der Waals surface area (Å²) in [5.74, 6) is 0. The molecule has 0 bridgehead atoms. The summed E-state index contributed by atoms with van der Waals surface area (Å²) >= 11 is 0. The SMILES string of the molecule is CC(C)=CCN(Cc1coc2ccccc2c1=O)CC1CCCO1. The van der Waals surface area contributed by atoms with E-state index in [0.29, 0.717) is 23.1 Å². The number of ether oxygens (including phenoxy) is 1. The average molecular weight is 327 g/mol. The molecule has 1 aromatic carbocycles. The summed E-state index contributed by atoms with van der Waals surface area (Å²) in [5, 5.41) is 0.647. The molecule has 1 fully saturated rings. The van der Waals surface area contributed by atoms with Gasteiger partial charge in [-0.3, -0.25) is 9.69 Å². The fourth-order valence-corrected chi connectivity index (χ4v) is 3.06. The van der Waals surface area contributed by atoms with Gasteiger partial charge in [0.2, 0.25) is 0 Å². The molecule has 1 atom stereocenters. The minimum absolute atomic E-state index is 0.0615. The third-order valence-corrected chi connectivity index (χ3v) is 4.39. The van der Waals surface area contributed by atoms with Gasteiger partial charge in [0.05, 0.1) is 17.8 Å². The number of fused-ring (bicyclic) bond motifs is 1. The molecule has 0 N–H and O–H groups in total. The van der Waals surface area contributed by atoms with Crippen LogP contribution in [0.1, 0.15) is 32.3 Å². The highest BCUT2D eigenvalue weighted by molar-refractivity contribution is 5.76. The second kappa shape index (κ2) is 7.77. The number of hydrogen-bond donors (Lipinski definition) is 0. The van der Waals surface area contributed by atoms with Crippen molar-refractivity contribution in [1.82, 2.24) is 4.90 Å². The summed E-state index contributed by atoms with van der Waals surface area (Å²) in [6.45, 7) is 7.27. The Hall–Kier alpha value is -1.91. The molecule has 24 heavy (non-hydrogen) atoms. The summed E-state index contributed by atoms with van der Waals surface area (Å²) in [5.41, 5.74) is 2.68. The molecule has 0 aliphatic carbocycles. The van der Waals surface area contributed by atoms with Gasteiger partial charge >= 0.3 is 0 Å². The topological polar surface area (TPSA) is 42.7 Å². The predicted octanol–water partition coefficient (Wildman–Crippen LogP) is 3.74. The maximum atomic E-state index is 12.7. The highest BCUT2D eigenvalue weighted by Crippen LogP contribution is 2.16. The molecule has 3 rings (SSSR count). The molecular formula is C20H25NO3. The summed E-state index contributed by atoms with van der Waals surface area (Å²) in [6, 6.07) is 7.40. The predicted molar refractivity (Wildman–Crippen MR) is 96.2 cm³/mol. The van der Waals surface area contributed by atoms with Crippen LogP contribution < -0.4 is 5.43 Å². The van der Waals surface area contributed by atoms with Crippen molar-refractivity contribution in [3.63, 3.8) is 0 Å². The monoisotopic (exact) mass is 327 g/mol. The van der Waals surface area contributed by atoms with Gasteiger partial charge in [-0.25, -0.2) is 0 Å². The standard InChI is InChI=1S/C20H25NO3/c1-15(2)9-10-21(13-17-6-5-11-23-17)12-16-14-24-19-8-4-3-7-18(19)20(16)22/h3-4,7-9,14,17H,5-6,10-13H2,1-2H3. The summed E-state index contributed by atoms with van der Waals surface area (Å²) in [6.07, 6.45) is 6.28. The minimum Gasteiger partial charge on any atom is -0.464 e. The molecule has 0 amide bonds. The zero-order chi connectivity index (χ0) is 16.9. The molecule has 2 heterocycles. The van der Waals surface area contributed by atoms with Crippen LogP contribution in [0.2, 0.25) is 0 Å². The van der Waals surface area contributed by atoms with Crippen LogP contribution in [-0.2, 0) is 11.3 Å². The number of para-hydroxylation sites is 1. The molecule has 1 saturated heterocycles. The molecule has 1 aromatic heterocycles. The van der Waals surface area contributed by atoms with E-state index in [1.165, 1.54) is 5.57 Å². The Balaban J connectivity index is 1.81. The summed E-state index contributed by atoms with van der Waals surface area (Å²) in [7, 11) is 0. The first-order chi connectivity index (χ1) is 11.6. The van der Waals surface area contributed by atoms with Crippen LogP contribution in [0, 0.1) is 0 Å². The van der Waals surface area contributed by atoms with Gasteiger partial charge in [-0.15, -0.1) is 0 Å². The van der Waals surface area contributed by atoms with E-state index in [9.17, 15) is 4.79 Å². The molecular weight excluding hydrogens is 302 g/mol. The molecule has 1 unspecified atom stereocenters. The van der Waals surface area contributed by atoms with Crippen LogP contribution in [-0.4, -0.2) is 30.7 Å². The second-order valence-electron chi connectivity index (χ2n) is 6.70. The van der Waals surface area contributed by atoms with Crippen molar-refractivity contribution in [3.05, 3.63) is 58.0 Å². The lowest BCUT2D eigenvalue weighted by molar-refractivity contribution is 0.0743. The first kappa shape index (κ1) is 16.9. The van der Waals surface area contributed by atoms with E-state index in [0.717, 1.165) is 32.5 Å². The molecule has 1 aliphatic rings.